The minimum absolute atomic E-state index is 0.0110. The highest BCUT2D eigenvalue weighted by Crippen LogP contribution is 2.27. The van der Waals surface area contributed by atoms with Crippen molar-refractivity contribution >= 4 is 15.9 Å². The van der Waals surface area contributed by atoms with Crippen LogP contribution < -0.4 is 10.1 Å². The van der Waals surface area contributed by atoms with Gasteiger partial charge in [-0.15, -0.1) is 0 Å². The Labute approximate surface area is 169 Å². The Morgan fingerprint density at radius 2 is 1.61 bits per heavy atom. The maximum atomic E-state index is 13.1. The van der Waals surface area contributed by atoms with Gasteiger partial charge in [-0.3, -0.25) is 4.79 Å². The van der Waals surface area contributed by atoms with Crippen LogP contribution in [-0.2, 0) is 10.0 Å². The van der Waals surface area contributed by atoms with E-state index in [1.165, 1.54) is 23.5 Å². The Morgan fingerprint density at radius 1 is 1.04 bits per heavy atom. The molecule has 1 amide bonds. The molecule has 1 fully saturated rings. The van der Waals surface area contributed by atoms with Crippen LogP contribution in [0.25, 0.3) is 0 Å². The highest BCUT2D eigenvalue weighted by molar-refractivity contribution is 7.89. The van der Waals surface area contributed by atoms with Crippen LogP contribution in [0, 0.1) is 11.8 Å². The van der Waals surface area contributed by atoms with Gasteiger partial charge in [0.2, 0.25) is 10.0 Å². The van der Waals surface area contributed by atoms with Crippen molar-refractivity contribution in [3.05, 3.63) is 23.8 Å². The predicted molar refractivity (Wildman–Crippen MR) is 111 cm³/mol. The van der Waals surface area contributed by atoms with Gasteiger partial charge in [0, 0.05) is 19.1 Å². The summed E-state index contributed by atoms with van der Waals surface area (Å²) >= 11 is 0. The number of sulfonamides is 1. The van der Waals surface area contributed by atoms with Crippen LogP contribution in [0.3, 0.4) is 0 Å². The maximum Gasteiger partial charge on any atom is 0.255 e. The van der Waals surface area contributed by atoms with Crippen molar-refractivity contribution in [2.45, 2.75) is 64.3 Å². The van der Waals surface area contributed by atoms with E-state index in [0.717, 1.165) is 25.7 Å². The van der Waals surface area contributed by atoms with Gasteiger partial charge in [0.25, 0.3) is 5.91 Å². The van der Waals surface area contributed by atoms with Crippen molar-refractivity contribution in [3.8, 4) is 5.75 Å². The number of ether oxygens (including phenoxy) is 1. The average Bonchev–Trinajstić information content (AvgIpc) is 2.94. The van der Waals surface area contributed by atoms with E-state index in [1.54, 1.807) is 6.07 Å². The number of nitrogens with zero attached hydrogens (tertiary/aromatic N) is 1. The molecule has 0 atom stereocenters. The van der Waals surface area contributed by atoms with Crippen molar-refractivity contribution in [2.24, 2.45) is 11.8 Å². The summed E-state index contributed by atoms with van der Waals surface area (Å²) in [5, 5.41) is 3.05. The van der Waals surface area contributed by atoms with Gasteiger partial charge >= 0.3 is 0 Å². The fourth-order valence-corrected chi connectivity index (χ4v) is 5.33. The third-order valence-corrected chi connectivity index (χ3v) is 7.25. The standard InChI is InChI=1S/C21H34N2O4S/c1-15(2)20(16(3)4)22-21(24)18-14-17(10-11-19(18)27-5)28(25,26)23-12-8-6-7-9-13-23/h10-11,14-16,20H,6-9,12-13H2,1-5H3,(H,22,24). The van der Waals surface area contributed by atoms with Gasteiger partial charge in [0.15, 0.2) is 0 Å². The molecule has 0 saturated carbocycles. The Bertz CT molecular complexity index is 759. The molecule has 0 spiro atoms. The molecule has 28 heavy (non-hydrogen) atoms. The molecule has 7 heteroatoms. The van der Waals surface area contributed by atoms with Gasteiger partial charge in [-0.05, 0) is 42.9 Å². The average molecular weight is 411 g/mol. The monoisotopic (exact) mass is 410 g/mol. The highest BCUT2D eigenvalue weighted by atomic mass is 32.2. The summed E-state index contributed by atoms with van der Waals surface area (Å²) in [7, 11) is -2.15. The molecule has 1 saturated heterocycles. The fourth-order valence-electron chi connectivity index (χ4n) is 3.79. The number of hydrogen-bond donors (Lipinski definition) is 1. The lowest BCUT2D eigenvalue weighted by molar-refractivity contribution is 0.0907. The normalized spacial score (nSPS) is 16.4. The molecule has 1 N–H and O–H groups in total. The van der Waals surface area contributed by atoms with E-state index in [2.05, 4.69) is 33.0 Å². The van der Waals surface area contributed by atoms with Crippen molar-refractivity contribution < 1.29 is 17.9 Å². The molecule has 2 rings (SSSR count). The molecule has 1 heterocycles. The van der Waals surface area contributed by atoms with Crippen LogP contribution in [0.15, 0.2) is 23.1 Å². The SMILES string of the molecule is COc1ccc(S(=O)(=O)N2CCCCCC2)cc1C(=O)NC(C(C)C)C(C)C. The Kier molecular flexibility index (Phi) is 7.89. The second kappa shape index (κ2) is 9.74. The lowest BCUT2D eigenvalue weighted by atomic mass is 9.93. The van der Waals surface area contributed by atoms with Crippen LogP contribution in [0.4, 0.5) is 0 Å². The lowest BCUT2D eigenvalue weighted by Gasteiger charge is -2.26. The van der Waals surface area contributed by atoms with E-state index in [0.29, 0.717) is 18.8 Å². The first-order chi connectivity index (χ1) is 13.2. The first-order valence-electron chi connectivity index (χ1n) is 10.2. The molecule has 0 aromatic heterocycles. The molecule has 6 nitrogen and oxygen atoms in total. The molecule has 0 bridgehead atoms. The van der Waals surface area contributed by atoms with Gasteiger partial charge < -0.3 is 10.1 Å². The number of hydrogen-bond acceptors (Lipinski definition) is 4. The van der Waals surface area contributed by atoms with Crippen molar-refractivity contribution in [1.29, 1.82) is 0 Å². The molecule has 1 aromatic rings. The van der Waals surface area contributed by atoms with E-state index in [9.17, 15) is 13.2 Å². The molecule has 1 aromatic carbocycles. The van der Waals surface area contributed by atoms with Gasteiger partial charge in [0.1, 0.15) is 5.75 Å². The zero-order valence-electron chi connectivity index (χ0n) is 17.7. The number of amides is 1. The Balaban J connectivity index is 2.36. The van der Waals surface area contributed by atoms with Crippen LogP contribution >= 0.6 is 0 Å². The zero-order valence-corrected chi connectivity index (χ0v) is 18.5. The second-order valence-electron chi connectivity index (χ2n) is 8.17. The van der Waals surface area contributed by atoms with Crippen LogP contribution in [0.5, 0.6) is 5.75 Å². The Morgan fingerprint density at radius 3 is 2.11 bits per heavy atom. The third kappa shape index (κ3) is 5.26. The maximum absolute atomic E-state index is 13.1. The van der Waals surface area contributed by atoms with Gasteiger partial charge in [-0.2, -0.15) is 4.31 Å². The smallest absolute Gasteiger partial charge is 0.255 e. The fraction of sp³-hybridized carbons (Fsp3) is 0.667. The third-order valence-electron chi connectivity index (χ3n) is 5.35. The summed E-state index contributed by atoms with van der Waals surface area (Å²) in [5.74, 6) is 0.591. The summed E-state index contributed by atoms with van der Waals surface area (Å²) in [5.41, 5.74) is 0.254. The summed E-state index contributed by atoms with van der Waals surface area (Å²) in [6, 6.07) is 4.53. The van der Waals surface area contributed by atoms with E-state index < -0.39 is 10.0 Å². The summed E-state index contributed by atoms with van der Waals surface area (Å²) < 4.78 is 33.1. The first kappa shape index (κ1) is 22.7. The van der Waals surface area contributed by atoms with Gasteiger partial charge in [0.05, 0.1) is 17.6 Å². The zero-order chi connectivity index (χ0) is 20.9. The van der Waals surface area contributed by atoms with Crippen LogP contribution in [0.1, 0.15) is 63.7 Å². The van der Waals surface area contributed by atoms with E-state index in [-0.39, 0.29) is 34.2 Å². The quantitative estimate of drug-likeness (QED) is 0.744. The second-order valence-corrected chi connectivity index (χ2v) is 10.1. The molecule has 0 aliphatic carbocycles. The Hall–Kier alpha value is -1.60. The molecule has 0 radical (unpaired) electrons. The lowest BCUT2D eigenvalue weighted by Crippen LogP contribution is -2.42. The molecule has 0 unspecified atom stereocenters. The minimum atomic E-state index is -3.63. The number of rotatable bonds is 7. The van der Waals surface area contributed by atoms with Gasteiger partial charge in [-0.1, -0.05) is 40.5 Å². The largest absolute Gasteiger partial charge is 0.496 e. The minimum Gasteiger partial charge on any atom is -0.496 e. The van der Waals surface area contributed by atoms with Crippen LogP contribution in [0.2, 0.25) is 0 Å². The first-order valence-corrected chi connectivity index (χ1v) is 11.6. The highest BCUT2D eigenvalue weighted by Gasteiger charge is 2.28. The number of carbonyl (C=O) groups excluding carboxylic acids is 1. The number of benzene rings is 1. The van der Waals surface area contributed by atoms with E-state index in [1.807, 2.05) is 0 Å². The molecule has 158 valence electrons. The number of nitrogens with one attached hydrogen (secondary N) is 1. The topological polar surface area (TPSA) is 75.7 Å². The summed E-state index contributed by atoms with van der Waals surface area (Å²) in [4.78, 5) is 13.1. The van der Waals surface area contributed by atoms with Crippen molar-refractivity contribution in [3.63, 3.8) is 0 Å². The van der Waals surface area contributed by atoms with Crippen molar-refractivity contribution in [2.75, 3.05) is 20.2 Å². The van der Waals surface area contributed by atoms with Crippen molar-refractivity contribution in [1.82, 2.24) is 9.62 Å². The van der Waals surface area contributed by atoms with Crippen LogP contribution in [-0.4, -0.2) is 44.9 Å². The summed E-state index contributed by atoms with van der Waals surface area (Å²) in [6.45, 7) is 9.28. The van der Waals surface area contributed by atoms with Gasteiger partial charge in [-0.25, -0.2) is 8.42 Å². The molecule has 1 aliphatic rings. The molecular weight excluding hydrogens is 376 g/mol. The number of methoxy groups -OCH3 is 1. The van der Waals surface area contributed by atoms with E-state index in [4.69, 9.17) is 4.74 Å². The number of carbonyl (C=O) groups is 1. The predicted octanol–water partition coefficient (Wildman–Crippen LogP) is 3.67. The molecule has 1 aliphatic heterocycles. The summed E-state index contributed by atoms with van der Waals surface area (Å²) in [6.07, 6.45) is 3.84. The molecular formula is C21H34N2O4S. The van der Waals surface area contributed by atoms with E-state index >= 15 is 0 Å².